The highest BCUT2D eigenvalue weighted by molar-refractivity contribution is 7.98. The SMILES string of the molecule is COc1ccc(CSc2nnc(-c3ccnc(NC(=O)OC(C)(C)C)c3)o2)cc1F. The van der Waals surface area contributed by atoms with Gasteiger partial charge in [-0.3, -0.25) is 5.32 Å². The van der Waals surface area contributed by atoms with Crippen LogP contribution in [0.5, 0.6) is 5.75 Å². The topological polar surface area (TPSA) is 99.4 Å². The summed E-state index contributed by atoms with van der Waals surface area (Å²) in [5.41, 5.74) is 0.726. The van der Waals surface area contributed by atoms with Crippen LogP contribution in [-0.4, -0.2) is 34.0 Å². The van der Waals surface area contributed by atoms with Gasteiger partial charge in [-0.1, -0.05) is 17.8 Å². The predicted octanol–water partition coefficient (Wildman–Crippen LogP) is 4.92. The summed E-state index contributed by atoms with van der Waals surface area (Å²) >= 11 is 1.28. The van der Waals surface area contributed by atoms with Crippen LogP contribution in [0.25, 0.3) is 11.5 Å². The van der Waals surface area contributed by atoms with E-state index in [0.29, 0.717) is 22.4 Å². The molecule has 1 N–H and O–H groups in total. The molecule has 0 spiro atoms. The predicted molar refractivity (Wildman–Crippen MR) is 110 cm³/mol. The first-order chi connectivity index (χ1) is 14.2. The molecule has 0 bridgehead atoms. The van der Waals surface area contributed by atoms with Crippen molar-refractivity contribution in [1.82, 2.24) is 15.2 Å². The van der Waals surface area contributed by atoms with Gasteiger partial charge in [0.05, 0.1) is 7.11 Å². The maximum atomic E-state index is 13.8. The Hall–Kier alpha value is -3.14. The molecule has 0 saturated carbocycles. The Balaban J connectivity index is 1.64. The molecular formula is C20H21FN4O4S. The molecule has 0 fully saturated rings. The number of methoxy groups -OCH3 is 1. The van der Waals surface area contributed by atoms with Crippen LogP contribution < -0.4 is 10.1 Å². The van der Waals surface area contributed by atoms with Gasteiger partial charge in [0.25, 0.3) is 5.22 Å². The van der Waals surface area contributed by atoms with Crippen LogP contribution in [0.15, 0.2) is 46.2 Å². The lowest BCUT2D eigenvalue weighted by molar-refractivity contribution is 0.0635. The van der Waals surface area contributed by atoms with Gasteiger partial charge in [-0.25, -0.2) is 14.2 Å². The van der Waals surface area contributed by atoms with E-state index < -0.39 is 17.5 Å². The number of hydrogen-bond donors (Lipinski definition) is 1. The zero-order valence-electron chi connectivity index (χ0n) is 16.9. The minimum Gasteiger partial charge on any atom is -0.494 e. The standard InChI is InChI=1S/C20H21FN4O4S/c1-20(2,3)29-18(26)23-16-10-13(7-8-22-16)17-24-25-19(28-17)30-11-12-5-6-15(27-4)14(21)9-12/h5-10H,11H2,1-4H3,(H,22,23,26). The van der Waals surface area contributed by atoms with Gasteiger partial charge in [0, 0.05) is 17.5 Å². The number of amides is 1. The molecule has 1 aromatic carbocycles. The van der Waals surface area contributed by atoms with Gasteiger partial charge in [0.1, 0.15) is 11.4 Å². The van der Waals surface area contributed by atoms with Gasteiger partial charge in [-0.2, -0.15) is 0 Å². The summed E-state index contributed by atoms with van der Waals surface area (Å²) in [6.45, 7) is 5.32. The number of nitrogens with zero attached hydrogens (tertiary/aromatic N) is 3. The Morgan fingerprint density at radius 3 is 2.73 bits per heavy atom. The number of aromatic nitrogens is 3. The molecule has 30 heavy (non-hydrogen) atoms. The van der Waals surface area contributed by atoms with E-state index in [9.17, 15) is 9.18 Å². The van der Waals surface area contributed by atoms with Crippen molar-refractivity contribution in [1.29, 1.82) is 0 Å². The highest BCUT2D eigenvalue weighted by Gasteiger charge is 2.17. The monoisotopic (exact) mass is 432 g/mol. The summed E-state index contributed by atoms with van der Waals surface area (Å²) in [5.74, 6) is 0.779. The molecule has 0 saturated heterocycles. The molecule has 0 radical (unpaired) electrons. The summed E-state index contributed by atoms with van der Waals surface area (Å²) in [6.07, 6.45) is 0.903. The number of hydrogen-bond acceptors (Lipinski definition) is 8. The van der Waals surface area contributed by atoms with Crippen LogP contribution in [0.1, 0.15) is 26.3 Å². The van der Waals surface area contributed by atoms with Crippen LogP contribution in [0, 0.1) is 5.82 Å². The van der Waals surface area contributed by atoms with Crippen LogP contribution in [-0.2, 0) is 10.5 Å². The number of carbonyl (C=O) groups is 1. The van der Waals surface area contributed by atoms with Crippen LogP contribution in [0.3, 0.4) is 0 Å². The first-order valence-electron chi connectivity index (χ1n) is 8.98. The van der Waals surface area contributed by atoms with Crippen LogP contribution >= 0.6 is 11.8 Å². The summed E-state index contributed by atoms with van der Waals surface area (Å²) < 4.78 is 29.6. The number of halogens is 1. The minimum absolute atomic E-state index is 0.192. The van der Waals surface area contributed by atoms with E-state index in [1.54, 1.807) is 45.0 Å². The lowest BCUT2D eigenvalue weighted by Gasteiger charge is -2.19. The fourth-order valence-corrected chi connectivity index (χ4v) is 3.08. The summed E-state index contributed by atoms with van der Waals surface area (Å²) in [5, 5.41) is 10.9. The second-order valence-electron chi connectivity index (χ2n) is 7.19. The van der Waals surface area contributed by atoms with Gasteiger partial charge in [0.15, 0.2) is 11.6 Å². The Morgan fingerprint density at radius 1 is 1.23 bits per heavy atom. The third kappa shape index (κ3) is 5.93. The Morgan fingerprint density at radius 2 is 2.03 bits per heavy atom. The number of ether oxygens (including phenoxy) is 2. The number of thioether (sulfide) groups is 1. The number of rotatable bonds is 6. The molecule has 158 valence electrons. The second-order valence-corrected chi connectivity index (χ2v) is 8.11. The fraction of sp³-hybridized carbons (Fsp3) is 0.300. The Labute approximate surface area is 177 Å². The van der Waals surface area contributed by atoms with Gasteiger partial charge in [-0.05, 0) is 50.6 Å². The first kappa shape index (κ1) is 21.6. The van der Waals surface area contributed by atoms with Crippen molar-refractivity contribution < 1.29 is 23.1 Å². The molecule has 2 aromatic heterocycles. The van der Waals surface area contributed by atoms with E-state index in [1.807, 2.05) is 0 Å². The molecule has 1 amide bonds. The molecule has 0 aliphatic rings. The van der Waals surface area contributed by atoms with Gasteiger partial charge in [0.2, 0.25) is 5.89 Å². The maximum Gasteiger partial charge on any atom is 0.413 e. The van der Waals surface area contributed by atoms with Crippen LogP contribution in [0.4, 0.5) is 15.0 Å². The van der Waals surface area contributed by atoms with Crippen molar-refractivity contribution in [2.24, 2.45) is 0 Å². The second kappa shape index (κ2) is 9.12. The average molecular weight is 432 g/mol. The van der Waals surface area contributed by atoms with E-state index >= 15 is 0 Å². The third-order valence-electron chi connectivity index (χ3n) is 3.62. The van der Waals surface area contributed by atoms with E-state index in [-0.39, 0.29) is 11.6 Å². The lowest BCUT2D eigenvalue weighted by atomic mass is 10.2. The summed E-state index contributed by atoms with van der Waals surface area (Å²) in [6, 6.07) is 8.02. The lowest BCUT2D eigenvalue weighted by Crippen LogP contribution is -2.27. The van der Waals surface area contributed by atoms with Crippen molar-refractivity contribution in [2.45, 2.75) is 37.3 Å². The van der Waals surface area contributed by atoms with E-state index in [1.165, 1.54) is 31.1 Å². The molecule has 8 nitrogen and oxygen atoms in total. The smallest absolute Gasteiger partial charge is 0.413 e. The van der Waals surface area contributed by atoms with Gasteiger partial charge in [-0.15, -0.1) is 10.2 Å². The van der Waals surface area contributed by atoms with Crippen molar-refractivity contribution in [2.75, 3.05) is 12.4 Å². The first-order valence-corrected chi connectivity index (χ1v) is 9.97. The molecule has 0 unspecified atom stereocenters. The highest BCUT2D eigenvalue weighted by atomic mass is 32.2. The fourth-order valence-electron chi connectivity index (χ4n) is 2.37. The number of carbonyl (C=O) groups excluding carboxylic acids is 1. The molecule has 3 aromatic rings. The zero-order valence-corrected chi connectivity index (χ0v) is 17.7. The Kier molecular flexibility index (Phi) is 6.56. The van der Waals surface area contributed by atoms with Crippen molar-refractivity contribution in [3.05, 3.63) is 47.9 Å². The van der Waals surface area contributed by atoms with Crippen LogP contribution in [0.2, 0.25) is 0 Å². The van der Waals surface area contributed by atoms with Crippen molar-refractivity contribution in [3.63, 3.8) is 0 Å². The number of benzene rings is 1. The van der Waals surface area contributed by atoms with Gasteiger partial charge >= 0.3 is 6.09 Å². The van der Waals surface area contributed by atoms with E-state index in [4.69, 9.17) is 13.9 Å². The van der Waals surface area contributed by atoms with Crippen molar-refractivity contribution >= 4 is 23.7 Å². The molecule has 0 aliphatic heterocycles. The molecular weight excluding hydrogens is 411 g/mol. The summed E-state index contributed by atoms with van der Waals surface area (Å²) in [4.78, 5) is 16.0. The third-order valence-corrected chi connectivity index (χ3v) is 4.51. The van der Waals surface area contributed by atoms with E-state index in [0.717, 1.165) is 5.56 Å². The number of nitrogens with one attached hydrogen (secondary N) is 1. The quantitative estimate of drug-likeness (QED) is 0.548. The highest BCUT2D eigenvalue weighted by Crippen LogP contribution is 2.28. The average Bonchev–Trinajstić information content (AvgIpc) is 3.14. The molecule has 3 rings (SSSR count). The Bertz CT molecular complexity index is 1040. The molecule has 0 aliphatic carbocycles. The molecule has 0 atom stereocenters. The number of pyridine rings is 1. The largest absolute Gasteiger partial charge is 0.494 e. The minimum atomic E-state index is -0.618. The number of anilines is 1. The van der Waals surface area contributed by atoms with Gasteiger partial charge < -0.3 is 13.9 Å². The maximum absolute atomic E-state index is 13.8. The van der Waals surface area contributed by atoms with Crippen molar-refractivity contribution in [3.8, 4) is 17.2 Å². The summed E-state index contributed by atoms with van der Waals surface area (Å²) in [7, 11) is 1.42. The molecule has 10 heteroatoms. The van der Waals surface area contributed by atoms with E-state index in [2.05, 4.69) is 20.5 Å². The normalized spacial score (nSPS) is 11.2. The molecule has 2 heterocycles. The zero-order chi connectivity index (χ0) is 21.7.